The van der Waals surface area contributed by atoms with Crippen LogP contribution in [-0.2, 0) is 32.7 Å². The monoisotopic (exact) mass is 1200 g/mol. The van der Waals surface area contributed by atoms with Crippen LogP contribution in [0.2, 0.25) is 0 Å². The molecule has 0 rings (SSSR count). The summed E-state index contributed by atoms with van der Waals surface area (Å²) in [6.45, 7) is 3.49. The lowest BCUT2D eigenvalue weighted by atomic mass is 10.0. The Kier molecular flexibility index (Phi) is 64.8. The Hall–Kier alpha value is -4.63. The van der Waals surface area contributed by atoms with E-state index in [9.17, 15) is 19.0 Å². The summed E-state index contributed by atoms with van der Waals surface area (Å²) in [7, 11) is -4.41. The van der Waals surface area contributed by atoms with Gasteiger partial charge in [-0.3, -0.25) is 18.6 Å². The number of ether oxygens (including phenoxy) is 2. The van der Waals surface area contributed by atoms with E-state index in [-0.39, 0.29) is 32.6 Å². The van der Waals surface area contributed by atoms with Crippen LogP contribution in [0.25, 0.3) is 0 Å². The fourth-order valence-corrected chi connectivity index (χ4v) is 9.48. The Bertz CT molecular complexity index is 2000. The molecule has 0 aliphatic carbocycles. The summed E-state index contributed by atoms with van der Waals surface area (Å²) in [5.74, 6) is -0.849. The smallest absolute Gasteiger partial charge is 0.462 e. The van der Waals surface area contributed by atoms with Crippen LogP contribution in [0.15, 0.2) is 170 Å². The van der Waals surface area contributed by atoms with Gasteiger partial charge in [0.2, 0.25) is 0 Å². The van der Waals surface area contributed by atoms with Gasteiger partial charge in [-0.05, 0) is 128 Å². The summed E-state index contributed by atoms with van der Waals surface area (Å²) in [5, 5.41) is 0. The summed E-state index contributed by atoms with van der Waals surface area (Å²) in [6.07, 6.45) is 101. The number of allylic oxidation sites excluding steroid dienone is 28. The van der Waals surface area contributed by atoms with E-state index in [1.807, 2.05) is 0 Å². The Morgan fingerprint density at radius 2 is 0.612 bits per heavy atom. The van der Waals surface area contributed by atoms with Gasteiger partial charge >= 0.3 is 19.8 Å². The van der Waals surface area contributed by atoms with E-state index in [2.05, 4.69) is 184 Å². The molecule has 0 aromatic heterocycles. The molecule has 0 aliphatic heterocycles. The van der Waals surface area contributed by atoms with Gasteiger partial charge < -0.3 is 20.1 Å². The average Bonchev–Trinajstić information content (AvgIpc) is 3.52. The molecule has 0 saturated heterocycles. The van der Waals surface area contributed by atoms with Crippen molar-refractivity contribution in [3.8, 4) is 0 Å². The van der Waals surface area contributed by atoms with Gasteiger partial charge in [-0.1, -0.05) is 287 Å². The van der Waals surface area contributed by atoms with Crippen LogP contribution >= 0.6 is 7.82 Å². The highest BCUT2D eigenvalue weighted by Crippen LogP contribution is 2.43. The number of esters is 2. The topological polar surface area (TPSA) is 134 Å². The van der Waals surface area contributed by atoms with E-state index in [1.165, 1.54) is 83.5 Å². The normalized spacial score (nSPS) is 14.1. The molecule has 3 N–H and O–H groups in total. The van der Waals surface area contributed by atoms with Crippen molar-refractivity contribution in [3.05, 3.63) is 170 Å². The van der Waals surface area contributed by atoms with E-state index in [1.54, 1.807) is 0 Å². The molecule has 9 nitrogen and oxygen atoms in total. The van der Waals surface area contributed by atoms with Crippen molar-refractivity contribution in [1.29, 1.82) is 0 Å². The first-order chi connectivity index (χ1) is 41.8. The van der Waals surface area contributed by atoms with E-state index >= 15 is 0 Å². The second kappa shape index (κ2) is 68.5. The van der Waals surface area contributed by atoms with Crippen molar-refractivity contribution in [2.75, 3.05) is 26.4 Å². The molecule has 0 aromatic rings. The summed E-state index contributed by atoms with van der Waals surface area (Å²) in [6, 6.07) is 0. The number of phosphoric acid groups is 1. The second-order valence-electron chi connectivity index (χ2n) is 21.6. The second-order valence-corrected chi connectivity index (χ2v) is 23.0. The SMILES string of the molecule is CC/C=C\C/C=C\C/C=C\C/C=C\C/C=C\C/C=C\C/C=C\C/C=C\C/C=C\CCCCCCCCCCCCCCCC(=O)OC(COC(=O)CCCCCCCCC/C=C\C/C=C\C/C=C\C/C=C\C/C=C\CC)COP(=O)(O)OCCN. The Morgan fingerprint density at radius 1 is 0.353 bits per heavy atom. The van der Waals surface area contributed by atoms with Gasteiger partial charge in [0.25, 0.3) is 0 Å². The molecule has 0 amide bonds. The Morgan fingerprint density at radius 3 is 0.906 bits per heavy atom. The van der Waals surface area contributed by atoms with Crippen LogP contribution < -0.4 is 5.73 Å². The predicted molar refractivity (Wildman–Crippen MR) is 366 cm³/mol. The predicted octanol–water partition coefficient (Wildman–Crippen LogP) is 22.2. The maximum absolute atomic E-state index is 12.8. The molecule has 0 aliphatic rings. The Balaban J connectivity index is 3.95. The minimum absolute atomic E-state index is 0.0438. The largest absolute Gasteiger partial charge is 0.472 e. The summed E-state index contributed by atoms with van der Waals surface area (Å²) in [4.78, 5) is 35.3. The number of rotatable bonds is 61. The van der Waals surface area contributed by atoms with Crippen molar-refractivity contribution in [1.82, 2.24) is 0 Å². The number of hydrogen-bond acceptors (Lipinski definition) is 8. The first-order valence-corrected chi connectivity index (χ1v) is 35.1. The van der Waals surface area contributed by atoms with Crippen molar-refractivity contribution in [2.24, 2.45) is 5.73 Å². The molecule has 480 valence electrons. The molecule has 0 saturated carbocycles. The number of hydrogen-bond donors (Lipinski definition) is 2. The molecular formula is C75H122NO8P. The number of unbranched alkanes of at least 4 members (excludes halogenated alkanes) is 20. The highest BCUT2D eigenvalue weighted by Gasteiger charge is 2.26. The summed E-state index contributed by atoms with van der Waals surface area (Å²) >= 11 is 0. The van der Waals surface area contributed by atoms with Crippen molar-refractivity contribution in [2.45, 2.75) is 264 Å². The molecule has 0 spiro atoms. The average molecular weight is 1200 g/mol. The molecule has 0 aromatic carbocycles. The minimum Gasteiger partial charge on any atom is -0.462 e. The maximum Gasteiger partial charge on any atom is 0.472 e. The highest BCUT2D eigenvalue weighted by molar-refractivity contribution is 7.47. The number of carbonyl (C=O) groups is 2. The van der Waals surface area contributed by atoms with Gasteiger partial charge in [0, 0.05) is 19.4 Å². The molecular weight excluding hydrogens is 1070 g/mol. The number of carbonyl (C=O) groups excluding carboxylic acids is 2. The molecule has 0 heterocycles. The molecule has 0 fully saturated rings. The van der Waals surface area contributed by atoms with Crippen LogP contribution in [0.5, 0.6) is 0 Å². The number of phosphoric ester groups is 1. The summed E-state index contributed by atoms with van der Waals surface area (Å²) < 4.78 is 33.1. The van der Waals surface area contributed by atoms with Crippen LogP contribution in [0.1, 0.15) is 258 Å². The van der Waals surface area contributed by atoms with Crippen LogP contribution in [0.3, 0.4) is 0 Å². The maximum atomic E-state index is 12.8. The highest BCUT2D eigenvalue weighted by atomic mass is 31.2. The third-order valence-electron chi connectivity index (χ3n) is 13.6. The van der Waals surface area contributed by atoms with Gasteiger partial charge in [-0.2, -0.15) is 0 Å². The van der Waals surface area contributed by atoms with Gasteiger partial charge in [0.05, 0.1) is 13.2 Å². The quantitative estimate of drug-likeness (QED) is 0.0264. The van der Waals surface area contributed by atoms with Crippen molar-refractivity contribution < 1.29 is 37.6 Å². The van der Waals surface area contributed by atoms with E-state index < -0.39 is 32.5 Å². The van der Waals surface area contributed by atoms with Gasteiger partial charge in [-0.15, -0.1) is 0 Å². The fraction of sp³-hybridized carbons (Fsp3) is 0.600. The first kappa shape index (κ1) is 80.4. The molecule has 10 heteroatoms. The lowest BCUT2D eigenvalue weighted by molar-refractivity contribution is -0.161. The van der Waals surface area contributed by atoms with E-state index in [0.717, 1.165) is 135 Å². The molecule has 2 atom stereocenters. The van der Waals surface area contributed by atoms with Crippen LogP contribution in [0, 0.1) is 0 Å². The van der Waals surface area contributed by atoms with Crippen molar-refractivity contribution >= 4 is 19.8 Å². The van der Waals surface area contributed by atoms with Crippen LogP contribution in [-0.4, -0.2) is 49.3 Å². The molecule has 0 bridgehead atoms. The molecule has 85 heavy (non-hydrogen) atoms. The zero-order chi connectivity index (χ0) is 61.6. The third kappa shape index (κ3) is 68.4. The van der Waals surface area contributed by atoms with Gasteiger partial charge in [-0.25, -0.2) is 4.57 Å². The van der Waals surface area contributed by atoms with Gasteiger partial charge in [0.1, 0.15) is 6.61 Å². The van der Waals surface area contributed by atoms with E-state index in [4.69, 9.17) is 24.3 Å². The standard InChI is InChI=1S/C75H122NO8P/c1-3-5-7-9-11-13-15-17-19-21-23-25-27-28-29-30-31-32-33-34-35-36-37-38-39-40-41-42-43-44-46-48-50-52-54-56-58-60-62-64-66-68-75(78)84-73(72-83-85(79,80)82-70-69-76)71-81-74(77)67-65-63-61-59-57-55-53-51-49-47-45-26-24-22-20-18-16-14-12-10-8-6-4-2/h5-8,11-14,17-20,23-26,28-29,31-32,34-35,37-38,40-41,47,49,73H,3-4,9-10,15-16,21-22,27,30,33,36,39,42-46,48,50-72,76H2,1-2H3,(H,79,80)/b7-5-,8-6-,13-11-,14-12-,19-17-,20-18-,25-23-,26-24-,29-28-,32-31-,35-34-,38-37-,41-40-,49-47-. The fourth-order valence-electron chi connectivity index (χ4n) is 8.71. The molecule has 2 unspecified atom stereocenters. The van der Waals surface area contributed by atoms with Gasteiger partial charge in [0.15, 0.2) is 6.10 Å². The van der Waals surface area contributed by atoms with Crippen LogP contribution in [0.4, 0.5) is 0 Å². The zero-order valence-electron chi connectivity index (χ0n) is 53.8. The van der Waals surface area contributed by atoms with E-state index in [0.29, 0.717) is 12.8 Å². The first-order valence-electron chi connectivity index (χ1n) is 33.6. The van der Waals surface area contributed by atoms with Crippen molar-refractivity contribution in [3.63, 3.8) is 0 Å². The lowest BCUT2D eigenvalue weighted by Crippen LogP contribution is -2.29. The zero-order valence-corrected chi connectivity index (χ0v) is 54.7. The summed E-state index contributed by atoms with van der Waals surface area (Å²) in [5.41, 5.74) is 5.39. The molecule has 0 radical (unpaired) electrons. The lowest BCUT2D eigenvalue weighted by Gasteiger charge is -2.19. The number of nitrogens with two attached hydrogens (primary N) is 1. The Labute approximate surface area is 521 Å². The minimum atomic E-state index is -4.41. The third-order valence-corrected chi connectivity index (χ3v) is 14.6.